The van der Waals surface area contributed by atoms with Gasteiger partial charge in [0.1, 0.15) is 10.0 Å². The number of rotatable bonds is 3. The van der Waals surface area contributed by atoms with E-state index in [1.54, 1.807) is 0 Å². The monoisotopic (exact) mass is 296 g/mol. The smallest absolute Gasteiger partial charge is 0.263 e. The van der Waals surface area contributed by atoms with Gasteiger partial charge in [-0.3, -0.25) is 4.72 Å². The van der Waals surface area contributed by atoms with Gasteiger partial charge in [0.2, 0.25) is 0 Å². The lowest BCUT2D eigenvalue weighted by Crippen LogP contribution is -2.14. The second kappa shape index (κ2) is 5.19. The molecule has 0 saturated heterocycles. The number of hydrogen-bond acceptors (Lipinski definition) is 3. The SMILES string of the molecule is Cc1cccc(C)c1NS(=O)(=O)c1ccc(Cl)nc1. The van der Waals surface area contributed by atoms with Crippen molar-refractivity contribution in [2.75, 3.05) is 4.72 Å². The first-order valence-electron chi connectivity index (χ1n) is 5.61. The van der Waals surface area contributed by atoms with Crippen LogP contribution in [0.3, 0.4) is 0 Å². The molecule has 0 spiro atoms. The van der Waals surface area contributed by atoms with Gasteiger partial charge in [0.25, 0.3) is 10.0 Å². The van der Waals surface area contributed by atoms with Gasteiger partial charge in [-0.25, -0.2) is 13.4 Å². The van der Waals surface area contributed by atoms with E-state index >= 15 is 0 Å². The first kappa shape index (κ1) is 13.8. The summed E-state index contributed by atoms with van der Waals surface area (Å²) in [5.74, 6) is 0. The van der Waals surface area contributed by atoms with Crippen LogP contribution < -0.4 is 4.72 Å². The highest BCUT2D eigenvalue weighted by molar-refractivity contribution is 7.92. The van der Waals surface area contributed by atoms with E-state index in [0.717, 1.165) is 11.1 Å². The Balaban J connectivity index is 2.39. The molecule has 1 N–H and O–H groups in total. The quantitative estimate of drug-likeness (QED) is 0.885. The van der Waals surface area contributed by atoms with Gasteiger partial charge in [0.05, 0.1) is 5.69 Å². The minimum Gasteiger partial charge on any atom is -0.279 e. The van der Waals surface area contributed by atoms with Crippen molar-refractivity contribution in [2.24, 2.45) is 0 Å². The second-order valence-electron chi connectivity index (χ2n) is 4.19. The summed E-state index contributed by atoms with van der Waals surface area (Å²) in [6, 6.07) is 8.45. The van der Waals surface area contributed by atoms with Crippen molar-refractivity contribution in [3.8, 4) is 0 Å². The van der Waals surface area contributed by atoms with E-state index in [0.29, 0.717) is 5.69 Å². The number of nitrogens with zero attached hydrogens (tertiary/aromatic N) is 1. The Labute approximate surface area is 117 Å². The molecule has 0 aliphatic heterocycles. The Bertz CT molecular complexity index is 677. The van der Waals surface area contributed by atoms with Crippen LogP contribution in [0.4, 0.5) is 5.69 Å². The third-order valence-electron chi connectivity index (χ3n) is 2.73. The van der Waals surface area contributed by atoms with Crippen molar-refractivity contribution in [3.05, 3.63) is 52.8 Å². The Morgan fingerprint density at radius 3 is 2.26 bits per heavy atom. The maximum atomic E-state index is 12.2. The number of benzene rings is 1. The molecule has 0 bridgehead atoms. The summed E-state index contributed by atoms with van der Waals surface area (Å²) in [5, 5.41) is 0.256. The number of hydrogen-bond donors (Lipinski definition) is 1. The van der Waals surface area contributed by atoms with Gasteiger partial charge in [-0.05, 0) is 37.1 Å². The molecular weight excluding hydrogens is 284 g/mol. The summed E-state index contributed by atoms with van der Waals surface area (Å²) in [6.07, 6.45) is 1.23. The highest BCUT2D eigenvalue weighted by atomic mass is 35.5. The molecule has 2 rings (SSSR count). The Morgan fingerprint density at radius 1 is 1.11 bits per heavy atom. The zero-order valence-corrected chi connectivity index (χ0v) is 12.1. The summed E-state index contributed by atoms with van der Waals surface area (Å²) < 4.78 is 27.0. The van der Waals surface area contributed by atoms with Crippen LogP contribution in [0, 0.1) is 13.8 Å². The van der Waals surface area contributed by atoms with Gasteiger partial charge in [-0.1, -0.05) is 29.8 Å². The van der Waals surface area contributed by atoms with Crippen molar-refractivity contribution in [2.45, 2.75) is 18.7 Å². The van der Waals surface area contributed by atoms with Gasteiger partial charge < -0.3 is 0 Å². The average molecular weight is 297 g/mol. The van der Waals surface area contributed by atoms with E-state index < -0.39 is 10.0 Å². The maximum absolute atomic E-state index is 12.2. The van der Waals surface area contributed by atoms with E-state index in [2.05, 4.69) is 9.71 Å². The zero-order chi connectivity index (χ0) is 14.0. The summed E-state index contributed by atoms with van der Waals surface area (Å²) in [6.45, 7) is 3.70. The molecule has 0 unspecified atom stereocenters. The third-order valence-corrected chi connectivity index (χ3v) is 4.29. The van der Waals surface area contributed by atoms with E-state index in [4.69, 9.17) is 11.6 Å². The largest absolute Gasteiger partial charge is 0.279 e. The van der Waals surface area contributed by atoms with Crippen LogP contribution >= 0.6 is 11.6 Å². The summed E-state index contributed by atoms with van der Waals surface area (Å²) in [7, 11) is -3.65. The molecule has 0 aliphatic carbocycles. The molecule has 2 aromatic rings. The molecule has 100 valence electrons. The lowest BCUT2D eigenvalue weighted by molar-refractivity contribution is 0.600. The first-order chi connectivity index (χ1) is 8.90. The van der Waals surface area contributed by atoms with Gasteiger partial charge in [0.15, 0.2) is 0 Å². The fourth-order valence-corrected chi connectivity index (χ4v) is 2.95. The molecule has 19 heavy (non-hydrogen) atoms. The van der Waals surface area contributed by atoms with Crippen LogP contribution in [0.15, 0.2) is 41.4 Å². The molecule has 0 fully saturated rings. The van der Waals surface area contributed by atoms with E-state index in [1.807, 2.05) is 32.0 Å². The predicted octanol–water partition coefficient (Wildman–Crippen LogP) is 3.15. The standard InChI is InChI=1S/C13H13ClN2O2S/c1-9-4-3-5-10(2)13(9)16-19(17,18)11-6-7-12(14)15-8-11/h3-8,16H,1-2H3. The number of para-hydroxylation sites is 1. The molecule has 0 aliphatic rings. The summed E-state index contributed by atoms with van der Waals surface area (Å²) >= 11 is 5.65. The molecule has 0 amide bonds. The lowest BCUT2D eigenvalue weighted by Gasteiger charge is -2.12. The minimum atomic E-state index is -3.65. The predicted molar refractivity (Wildman–Crippen MR) is 76.0 cm³/mol. The fourth-order valence-electron chi connectivity index (χ4n) is 1.69. The Kier molecular flexibility index (Phi) is 3.78. The van der Waals surface area contributed by atoms with E-state index in [-0.39, 0.29) is 10.0 Å². The van der Waals surface area contributed by atoms with Crippen LogP contribution in [0.5, 0.6) is 0 Å². The van der Waals surface area contributed by atoms with Crippen molar-refractivity contribution < 1.29 is 8.42 Å². The van der Waals surface area contributed by atoms with Crippen molar-refractivity contribution in [1.82, 2.24) is 4.98 Å². The molecule has 4 nitrogen and oxygen atoms in total. The van der Waals surface area contributed by atoms with E-state index in [1.165, 1.54) is 18.3 Å². The molecule has 1 heterocycles. The Hall–Kier alpha value is -1.59. The van der Waals surface area contributed by atoms with Crippen molar-refractivity contribution >= 4 is 27.3 Å². The highest BCUT2D eigenvalue weighted by Crippen LogP contribution is 2.23. The molecular formula is C13H13ClN2O2S. The van der Waals surface area contributed by atoms with Crippen LogP contribution in [0.1, 0.15) is 11.1 Å². The Morgan fingerprint density at radius 2 is 1.74 bits per heavy atom. The van der Waals surface area contributed by atoms with Crippen LogP contribution in [-0.4, -0.2) is 13.4 Å². The van der Waals surface area contributed by atoms with Gasteiger partial charge in [-0.2, -0.15) is 0 Å². The fraction of sp³-hybridized carbons (Fsp3) is 0.154. The maximum Gasteiger partial charge on any atom is 0.263 e. The molecule has 0 atom stereocenters. The normalized spacial score (nSPS) is 11.3. The lowest BCUT2D eigenvalue weighted by atomic mass is 10.1. The van der Waals surface area contributed by atoms with Crippen molar-refractivity contribution in [1.29, 1.82) is 0 Å². The van der Waals surface area contributed by atoms with Gasteiger partial charge in [0, 0.05) is 6.20 Å². The molecule has 6 heteroatoms. The number of pyridine rings is 1. The minimum absolute atomic E-state index is 0.0829. The zero-order valence-electron chi connectivity index (χ0n) is 10.5. The highest BCUT2D eigenvalue weighted by Gasteiger charge is 2.16. The number of aryl methyl sites for hydroxylation is 2. The van der Waals surface area contributed by atoms with Gasteiger partial charge >= 0.3 is 0 Å². The van der Waals surface area contributed by atoms with Crippen LogP contribution in [0.2, 0.25) is 5.15 Å². The molecule has 0 saturated carbocycles. The number of halogens is 1. The van der Waals surface area contributed by atoms with E-state index in [9.17, 15) is 8.42 Å². The van der Waals surface area contributed by atoms with Crippen LogP contribution in [-0.2, 0) is 10.0 Å². The third kappa shape index (κ3) is 3.05. The average Bonchev–Trinajstić information content (AvgIpc) is 2.35. The number of sulfonamides is 1. The van der Waals surface area contributed by atoms with Crippen molar-refractivity contribution in [3.63, 3.8) is 0 Å². The first-order valence-corrected chi connectivity index (χ1v) is 7.47. The van der Waals surface area contributed by atoms with Gasteiger partial charge in [-0.15, -0.1) is 0 Å². The second-order valence-corrected chi connectivity index (χ2v) is 6.26. The molecule has 0 radical (unpaired) electrons. The molecule has 1 aromatic heterocycles. The number of anilines is 1. The van der Waals surface area contributed by atoms with Crippen LogP contribution in [0.25, 0.3) is 0 Å². The number of nitrogens with one attached hydrogen (secondary N) is 1. The summed E-state index contributed by atoms with van der Waals surface area (Å²) in [5.41, 5.74) is 2.33. The topological polar surface area (TPSA) is 59.1 Å². The summed E-state index contributed by atoms with van der Waals surface area (Å²) in [4.78, 5) is 3.86. The number of aromatic nitrogens is 1. The molecule has 1 aromatic carbocycles.